The molecule has 0 heterocycles. The van der Waals surface area contributed by atoms with Gasteiger partial charge < -0.3 is 24.7 Å². The standard InChI is InChI=1S/C19H21NO4.C19H20O4/c1-2-3-11-23-18(21)16-10-9-15(20)12-17(16)19(22)24-13-14-7-5-4-6-8-14;1-2-3-13-22-18(20)16-11-7-8-12-17(16)19(21)23-14-15-9-5-4-6-10-15/h4-10,12H,2-3,11,13,20H2,1H3;4-12H,2-3,13-14H2,1H3. The van der Waals surface area contributed by atoms with E-state index in [0.29, 0.717) is 18.9 Å². The van der Waals surface area contributed by atoms with Crippen LogP contribution in [-0.2, 0) is 32.2 Å². The predicted molar refractivity (Wildman–Crippen MR) is 179 cm³/mol. The molecule has 4 aromatic rings. The molecule has 47 heavy (non-hydrogen) atoms. The summed E-state index contributed by atoms with van der Waals surface area (Å²) in [6.07, 6.45) is 3.43. The number of ether oxygens (including phenoxy) is 4. The lowest BCUT2D eigenvalue weighted by molar-refractivity contribution is 0.0436. The van der Waals surface area contributed by atoms with Crippen LogP contribution in [0.15, 0.2) is 103 Å². The molecule has 246 valence electrons. The molecule has 0 aromatic heterocycles. The van der Waals surface area contributed by atoms with Crippen LogP contribution in [0.1, 0.15) is 92.1 Å². The highest BCUT2D eigenvalue weighted by molar-refractivity contribution is 6.04. The molecule has 0 fully saturated rings. The van der Waals surface area contributed by atoms with Gasteiger partial charge in [0.1, 0.15) is 13.2 Å². The fourth-order valence-electron chi connectivity index (χ4n) is 4.12. The summed E-state index contributed by atoms with van der Waals surface area (Å²) in [6.45, 7) is 4.98. The molecule has 0 spiro atoms. The molecule has 0 amide bonds. The van der Waals surface area contributed by atoms with Gasteiger partial charge in [0.05, 0.1) is 35.5 Å². The maximum Gasteiger partial charge on any atom is 0.339 e. The molecule has 0 aliphatic carbocycles. The average molecular weight is 640 g/mol. The van der Waals surface area contributed by atoms with Crippen molar-refractivity contribution in [2.75, 3.05) is 18.9 Å². The summed E-state index contributed by atoms with van der Waals surface area (Å²) in [6, 6.07) is 29.7. The molecular weight excluding hydrogens is 598 g/mol. The number of rotatable bonds is 14. The van der Waals surface area contributed by atoms with Crippen LogP contribution in [0.4, 0.5) is 5.69 Å². The number of esters is 4. The van der Waals surface area contributed by atoms with Crippen LogP contribution in [0.25, 0.3) is 0 Å². The lowest BCUT2D eigenvalue weighted by Crippen LogP contribution is -2.15. The Hall–Kier alpha value is -5.44. The van der Waals surface area contributed by atoms with Crippen molar-refractivity contribution in [3.63, 3.8) is 0 Å². The number of nitrogen functional groups attached to an aromatic ring is 1. The zero-order valence-corrected chi connectivity index (χ0v) is 26.8. The fraction of sp³-hybridized carbons (Fsp3) is 0.263. The highest BCUT2D eigenvalue weighted by Crippen LogP contribution is 2.18. The SMILES string of the molecule is CCCCOC(=O)c1ccc(N)cc1C(=O)OCc1ccccc1.CCCCOC(=O)c1ccccc1C(=O)OCc1ccccc1. The third-order valence-corrected chi connectivity index (χ3v) is 6.74. The molecule has 0 saturated heterocycles. The van der Waals surface area contributed by atoms with E-state index in [9.17, 15) is 19.2 Å². The Morgan fingerprint density at radius 1 is 0.489 bits per heavy atom. The first-order chi connectivity index (χ1) is 22.8. The van der Waals surface area contributed by atoms with E-state index in [2.05, 4.69) is 0 Å². The number of hydrogen-bond donors (Lipinski definition) is 1. The Kier molecular flexibility index (Phi) is 15.2. The second-order valence-corrected chi connectivity index (χ2v) is 10.5. The zero-order valence-electron chi connectivity index (χ0n) is 26.8. The van der Waals surface area contributed by atoms with E-state index in [-0.39, 0.29) is 35.5 Å². The van der Waals surface area contributed by atoms with Crippen LogP contribution >= 0.6 is 0 Å². The van der Waals surface area contributed by atoms with E-state index in [1.165, 1.54) is 12.1 Å². The van der Waals surface area contributed by atoms with Gasteiger partial charge in [-0.1, -0.05) is 99.5 Å². The molecule has 0 aliphatic rings. The summed E-state index contributed by atoms with van der Waals surface area (Å²) >= 11 is 0. The number of carbonyl (C=O) groups is 4. The second-order valence-electron chi connectivity index (χ2n) is 10.5. The van der Waals surface area contributed by atoms with Crippen molar-refractivity contribution < 1.29 is 38.1 Å². The summed E-state index contributed by atoms with van der Waals surface area (Å²) in [4.78, 5) is 48.8. The van der Waals surface area contributed by atoms with E-state index < -0.39 is 23.9 Å². The van der Waals surface area contributed by atoms with Gasteiger partial charge in [-0.2, -0.15) is 0 Å². The normalized spacial score (nSPS) is 10.2. The first kappa shape index (κ1) is 36.0. The molecule has 0 bridgehead atoms. The van der Waals surface area contributed by atoms with Crippen molar-refractivity contribution in [1.29, 1.82) is 0 Å². The van der Waals surface area contributed by atoms with Crippen molar-refractivity contribution >= 4 is 29.6 Å². The topological polar surface area (TPSA) is 131 Å². The highest BCUT2D eigenvalue weighted by atomic mass is 16.5. The van der Waals surface area contributed by atoms with Gasteiger partial charge in [-0.25, -0.2) is 19.2 Å². The van der Waals surface area contributed by atoms with Gasteiger partial charge in [0.15, 0.2) is 0 Å². The van der Waals surface area contributed by atoms with E-state index in [4.69, 9.17) is 24.7 Å². The van der Waals surface area contributed by atoms with Crippen molar-refractivity contribution in [3.8, 4) is 0 Å². The smallest absolute Gasteiger partial charge is 0.339 e. The molecule has 0 atom stereocenters. The maximum absolute atomic E-state index is 12.3. The molecule has 0 aliphatic heterocycles. The van der Waals surface area contributed by atoms with E-state index in [1.807, 2.05) is 74.5 Å². The first-order valence-electron chi connectivity index (χ1n) is 15.6. The summed E-state index contributed by atoms with van der Waals surface area (Å²) in [7, 11) is 0. The van der Waals surface area contributed by atoms with Crippen molar-refractivity contribution in [1.82, 2.24) is 0 Å². The number of unbranched alkanes of at least 4 members (excludes halogenated alkanes) is 2. The quantitative estimate of drug-likeness (QED) is 0.0642. The molecular formula is C38H41NO8. The molecule has 0 radical (unpaired) electrons. The van der Waals surface area contributed by atoms with Crippen LogP contribution in [0, 0.1) is 0 Å². The molecule has 4 rings (SSSR count). The van der Waals surface area contributed by atoms with Crippen LogP contribution in [-0.4, -0.2) is 37.1 Å². The summed E-state index contributed by atoms with van der Waals surface area (Å²) < 4.78 is 20.9. The lowest BCUT2D eigenvalue weighted by atomic mass is 10.1. The average Bonchev–Trinajstić information content (AvgIpc) is 3.10. The molecule has 0 saturated carbocycles. The van der Waals surface area contributed by atoms with Crippen LogP contribution in [0.3, 0.4) is 0 Å². The van der Waals surface area contributed by atoms with Crippen molar-refractivity contribution in [2.24, 2.45) is 0 Å². The van der Waals surface area contributed by atoms with Gasteiger partial charge in [-0.05, 0) is 54.3 Å². The van der Waals surface area contributed by atoms with Gasteiger partial charge in [0, 0.05) is 5.69 Å². The predicted octanol–water partition coefficient (Wildman–Crippen LogP) is 7.58. The highest BCUT2D eigenvalue weighted by Gasteiger charge is 2.21. The number of hydrogen-bond acceptors (Lipinski definition) is 9. The van der Waals surface area contributed by atoms with Crippen molar-refractivity contribution in [3.05, 3.63) is 137 Å². The molecule has 0 unspecified atom stereocenters. The van der Waals surface area contributed by atoms with Crippen LogP contribution in [0.2, 0.25) is 0 Å². The Balaban J connectivity index is 0.000000256. The number of carbonyl (C=O) groups excluding carboxylic acids is 4. The first-order valence-corrected chi connectivity index (χ1v) is 15.6. The molecule has 9 nitrogen and oxygen atoms in total. The number of benzene rings is 4. The van der Waals surface area contributed by atoms with Gasteiger partial charge in [0.25, 0.3) is 0 Å². The Morgan fingerprint density at radius 2 is 0.872 bits per heavy atom. The Morgan fingerprint density at radius 3 is 1.32 bits per heavy atom. The van der Waals surface area contributed by atoms with Gasteiger partial charge >= 0.3 is 23.9 Å². The summed E-state index contributed by atoms with van der Waals surface area (Å²) in [5, 5.41) is 0. The van der Waals surface area contributed by atoms with Crippen LogP contribution in [0.5, 0.6) is 0 Å². The minimum atomic E-state index is -0.603. The molecule has 9 heteroatoms. The zero-order chi connectivity index (χ0) is 33.9. The monoisotopic (exact) mass is 639 g/mol. The number of anilines is 1. The van der Waals surface area contributed by atoms with Gasteiger partial charge in [0.2, 0.25) is 0 Å². The lowest BCUT2D eigenvalue weighted by Gasteiger charge is -2.10. The summed E-state index contributed by atoms with van der Waals surface area (Å²) in [5.41, 5.74) is 8.62. The van der Waals surface area contributed by atoms with Crippen LogP contribution < -0.4 is 5.73 Å². The second kappa shape index (κ2) is 19.8. The van der Waals surface area contributed by atoms with Crippen molar-refractivity contribution in [2.45, 2.75) is 52.7 Å². The molecule has 4 aromatic carbocycles. The third kappa shape index (κ3) is 12.1. The van der Waals surface area contributed by atoms with E-state index in [0.717, 1.165) is 36.8 Å². The Bertz CT molecular complexity index is 1590. The fourth-order valence-corrected chi connectivity index (χ4v) is 4.12. The minimum absolute atomic E-state index is 0.118. The van der Waals surface area contributed by atoms with Gasteiger partial charge in [-0.3, -0.25) is 0 Å². The van der Waals surface area contributed by atoms with Gasteiger partial charge in [-0.15, -0.1) is 0 Å². The Labute approximate surface area is 275 Å². The number of nitrogens with two attached hydrogens (primary N) is 1. The van der Waals surface area contributed by atoms with E-state index >= 15 is 0 Å². The minimum Gasteiger partial charge on any atom is -0.462 e. The largest absolute Gasteiger partial charge is 0.462 e. The third-order valence-electron chi connectivity index (χ3n) is 6.74. The summed E-state index contributed by atoms with van der Waals surface area (Å²) in [5.74, 6) is -2.17. The van der Waals surface area contributed by atoms with E-state index in [1.54, 1.807) is 30.3 Å². The molecule has 2 N–H and O–H groups in total. The maximum atomic E-state index is 12.3.